The molecule has 0 spiro atoms. The smallest absolute Gasteiger partial charge is 0.416 e. The number of carbonyl (C=O) groups is 3. The maximum absolute atomic E-state index is 13.6. The predicted octanol–water partition coefficient (Wildman–Crippen LogP) is 4.75. The minimum absolute atomic E-state index is 0.0489. The minimum atomic E-state index is -4.63. The first-order valence-electron chi connectivity index (χ1n) is 12.2. The molecular formula is C28H22F3N3O6S. The number of hydrogen-bond acceptors (Lipinski definition) is 7. The van der Waals surface area contributed by atoms with E-state index in [1.165, 1.54) is 48.4 Å². The molecule has 0 saturated carbocycles. The van der Waals surface area contributed by atoms with E-state index in [-0.39, 0.29) is 36.1 Å². The Bertz CT molecular complexity index is 1530. The Kier molecular flexibility index (Phi) is 7.54. The molecule has 9 nitrogen and oxygen atoms in total. The van der Waals surface area contributed by atoms with Gasteiger partial charge in [0.25, 0.3) is 5.91 Å². The van der Waals surface area contributed by atoms with Crippen LogP contribution in [0.4, 0.5) is 24.5 Å². The molecule has 2 aliphatic heterocycles. The summed E-state index contributed by atoms with van der Waals surface area (Å²) in [6.45, 7) is 0.134. The van der Waals surface area contributed by atoms with Crippen LogP contribution in [-0.4, -0.2) is 47.7 Å². The number of thiocarbonyl (C=S) groups is 1. The zero-order valence-electron chi connectivity index (χ0n) is 21.4. The van der Waals surface area contributed by atoms with E-state index in [9.17, 15) is 27.6 Å². The van der Waals surface area contributed by atoms with E-state index in [0.717, 1.165) is 17.0 Å². The first-order valence-corrected chi connectivity index (χ1v) is 12.6. The van der Waals surface area contributed by atoms with Crippen molar-refractivity contribution in [3.05, 3.63) is 83.4 Å². The van der Waals surface area contributed by atoms with Crippen LogP contribution in [0, 0.1) is 0 Å². The topological polar surface area (TPSA) is 97.4 Å². The fraction of sp³-hybridized carbons (Fsp3) is 0.214. The van der Waals surface area contributed by atoms with Crippen LogP contribution in [0.5, 0.6) is 11.5 Å². The molecule has 3 aromatic carbocycles. The lowest BCUT2D eigenvalue weighted by Gasteiger charge is -2.24. The van der Waals surface area contributed by atoms with Crippen molar-refractivity contribution in [1.82, 2.24) is 4.90 Å². The van der Waals surface area contributed by atoms with Crippen LogP contribution >= 0.6 is 12.2 Å². The Morgan fingerprint density at radius 3 is 2.49 bits per heavy atom. The molecule has 5 rings (SSSR count). The van der Waals surface area contributed by atoms with Gasteiger partial charge in [-0.3, -0.25) is 14.5 Å². The second-order valence-corrected chi connectivity index (χ2v) is 9.52. The van der Waals surface area contributed by atoms with Gasteiger partial charge in [0.1, 0.15) is 6.04 Å². The quantitative estimate of drug-likeness (QED) is 0.314. The van der Waals surface area contributed by atoms with E-state index in [1.54, 1.807) is 18.2 Å². The normalized spacial score (nSPS) is 16.2. The molecule has 1 unspecified atom stereocenters. The molecule has 1 atom stereocenters. The van der Waals surface area contributed by atoms with E-state index in [2.05, 4.69) is 10.1 Å². The second kappa shape index (κ2) is 11.1. The van der Waals surface area contributed by atoms with Gasteiger partial charge in [-0.25, -0.2) is 4.79 Å². The fourth-order valence-electron chi connectivity index (χ4n) is 4.50. The highest BCUT2D eigenvalue weighted by molar-refractivity contribution is 7.80. The summed E-state index contributed by atoms with van der Waals surface area (Å²) in [6.07, 6.45) is -4.98. The summed E-state index contributed by atoms with van der Waals surface area (Å²) in [6, 6.07) is 14.3. The molecule has 0 aromatic heterocycles. The second-order valence-electron chi connectivity index (χ2n) is 9.16. The number of ether oxygens (including phenoxy) is 3. The van der Waals surface area contributed by atoms with Gasteiger partial charge in [-0.05, 0) is 72.4 Å². The Hall–Kier alpha value is -4.65. The lowest BCUT2D eigenvalue weighted by atomic mass is 10.1. The molecule has 0 bridgehead atoms. The van der Waals surface area contributed by atoms with Crippen LogP contribution in [0.3, 0.4) is 0 Å². The number of methoxy groups -OCH3 is 1. The van der Waals surface area contributed by atoms with Gasteiger partial charge in [-0.1, -0.05) is 12.1 Å². The molecule has 41 heavy (non-hydrogen) atoms. The summed E-state index contributed by atoms with van der Waals surface area (Å²) in [7, 11) is 1.25. The van der Waals surface area contributed by atoms with Gasteiger partial charge in [0.05, 0.1) is 30.3 Å². The maximum Gasteiger partial charge on any atom is 0.416 e. The number of hydrogen-bond donors (Lipinski definition) is 1. The van der Waals surface area contributed by atoms with Gasteiger partial charge in [0.2, 0.25) is 12.7 Å². The van der Waals surface area contributed by atoms with Crippen molar-refractivity contribution in [2.45, 2.75) is 25.2 Å². The molecular weight excluding hydrogens is 563 g/mol. The molecule has 1 N–H and O–H groups in total. The highest BCUT2D eigenvalue weighted by atomic mass is 32.1. The van der Waals surface area contributed by atoms with Crippen molar-refractivity contribution in [2.75, 3.05) is 24.1 Å². The third-order valence-corrected chi connectivity index (χ3v) is 6.93. The van der Waals surface area contributed by atoms with Crippen molar-refractivity contribution >= 4 is 46.5 Å². The van der Waals surface area contributed by atoms with Crippen LogP contribution in [0.2, 0.25) is 0 Å². The van der Waals surface area contributed by atoms with Crippen LogP contribution in [-0.2, 0) is 27.0 Å². The number of carbonyl (C=O) groups excluding carboxylic acids is 3. The Morgan fingerprint density at radius 2 is 1.78 bits per heavy atom. The third-order valence-electron chi connectivity index (χ3n) is 6.51. The van der Waals surface area contributed by atoms with E-state index in [4.69, 9.17) is 21.7 Å². The summed E-state index contributed by atoms with van der Waals surface area (Å²) >= 11 is 5.58. The summed E-state index contributed by atoms with van der Waals surface area (Å²) in [5.41, 5.74) is 0.330. The Balaban J connectivity index is 1.41. The molecule has 2 aliphatic rings. The number of esters is 1. The summed E-state index contributed by atoms with van der Waals surface area (Å²) < 4.78 is 55.7. The van der Waals surface area contributed by atoms with Crippen LogP contribution < -0.4 is 19.7 Å². The fourth-order valence-corrected chi connectivity index (χ4v) is 4.89. The highest BCUT2D eigenvalue weighted by Gasteiger charge is 2.45. The number of rotatable bonds is 7. The monoisotopic (exact) mass is 585 g/mol. The number of anilines is 2. The van der Waals surface area contributed by atoms with Gasteiger partial charge >= 0.3 is 12.1 Å². The predicted molar refractivity (Wildman–Crippen MR) is 144 cm³/mol. The Labute approximate surface area is 237 Å². The number of alkyl halides is 3. The zero-order chi connectivity index (χ0) is 29.3. The van der Waals surface area contributed by atoms with Gasteiger partial charge in [-0.15, -0.1) is 0 Å². The van der Waals surface area contributed by atoms with Crippen molar-refractivity contribution in [1.29, 1.82) is 0 Å². The van der Waals surface area contributed by atoms with E-state index in [1.807, 2.05) is 0 Å². The molecule has 1 fully saturated rings. The van der Waals surface area contributed by atoms with Crippen LogP contribution in [0.25, 0.3) is 0 Å². The zero-order valence-corrected chi connectivity index (χ0v) is 22.3. The highest BCUT2D eigenvalue weighted by Crippen LogP contribution is 2.36. The molecule has 0 radical (unpaired) electrons. The van der Waals surface area contributed by atoms with Crippen molar-refractivity contribution < 1.29 is 41.8 Å². The van der Waals surface area contributed by atoms with E-state index < -0.39 is 35.6 Å². The van der Waals surface area contributed by atoms with E-state index in [0.29, 0.717) is 22.7 Å². The SMILES string of the molecule is COC(=O)c1ccc(NC(=O)CC2C(=O)N(c3cccc(C(F)(F)F)c3)C(=S)N2Cc2ccc3c(c2)OCO3)cc1. The van der Waals surface area contributed by atoms with Crippen molar-refractivity contribution in [3.8, 4) is 11.5 Å². The van der Waals surface area contributed by atoms with Crippen molar-refractivity contribution in [2.24, 2.45) is 0 Å². The molecule has 0 aliphatic carbocycles. The average Bonchev–Trinajstić information content (AvgIpc) is 3.50. The lowest BCUT2D eigenvalue weighted by Crippen LogP contribution is -2.37. The first-order chi connectivity index (χ1) is 19.5. The number of nitrogens with zero attached hydrogens (tertiary/aromatic N) is 2. The largest absolute Gasteiger partial charge is 0.465 e. The number of fused-ring (bicyclic) bond motifs is 1. The standard InChI is InChI=1S/C28H22F3N3O6S/c1-38-26(37)17-6-8-19(9-7-17)32-24(35)13-21-25(36)34(20-4-2-3-18(12-20)28(29,30)31)27(41)33(21)14-16-5-10-22-23(11-16)40-15-39-22/h2-12,21H,13-15H2,1H3,(H,32,35). The maximum atomic E-state index is 13.6. The van der Waals surface area contributed by atoms with Crippen LogP contribution in [0.15, 0.2) is 66.7 Å². The van der Waals surface area contributed by atoms with Gasteiger partial charge in [0, 0.05) is 12.2 Å². The first kappa shape index (κ1) is 27.9. The molecule has 2 amide bonds. The molecule has 1 saturated heterocycles. The minimum Gasteiger partial charge on any atom is -0.465 e. The summed E-state index contributed by atoms with van der Waals surface area (Å²) in [5, 5.41) is 2.62. The number of amides is 2. The average molecular weight is 586 g/mol. The lowest BCUT2D eigenvalue weighted by molar-refractivity contribution is -0.137. The van der Waals surface area contributed by atoms with Crippen molar-refractivity contribution in [3.63, 3.8) is 0 Å². The molecule has 13 heteroatoms. The number of halogens is 3. The summed E-state index contributed by atoms with van der Waals surface area (Å²) in [5.74, 6) is -0.682. The van der Waals surface area contributed by atoms with Crippen LogP contribution in [0.1, 0.15) is 27.9 Å². The molecule has 3 aromatic rings. The van der Waals surface area contributed by atoms with E-state index >= 15 is 0 Å². The molecule has 2 heterocycles. The number of nitrogens with one attached hydrogen (secondary N) is 1. The van der Waals surface area contributed by atoms with Gasteiger partial charge < -0.3 is 24.4 Å². The van der Waals surface area contributed by atoms with Gasteiger partial charge in [-0.2, -0.15) is 13.2 Å². The third kappa shape index (κ3) is 5.80. The Morgan fingerprint density at radius 1 is 1.05 bits per heavy atom. The van der Waals surface area contributed by atoms with Gasteiger partial charge in [0.15, 0.2) is 16.6 Å². The molecule has 212 valence electrons. The number of benzene rings is 3. The summed E-state index contributed by atoms with van der Waals surface area (Å²) in [4.78, 5) is 40.9.